The van der Waals surface area contributed by atoms with E-state index >= 15 is 0 Å². The van der Waals surface area contributed by atoms with Gasteiger partial charge < -0.3 is 15.2 Å². The van der Waals surface area contributed by atoms with Crippen LogP contribution in [0.25, 0.3) is 77.3 Å². The molecule has 9 aromatic rings. The molecule has 0 saturated carbocycles. The number of nitrogens with one attached hydrogen (secondary N) is 2. The van der Waals surface area contributed by atoms with Gasteiger partial charge in [0.15, 0.2) is 5.82 Å². The van der Waals surface area contributed by atoms with Crippen molar-refractivity contribution in [2.45, 2.75) is 6.42 Å². The fraction of sp³-hybridized carbons (Fsp3) is 0.109. The van der Waals surface area contributed by atoms with E-state index in [1.807, 2.05) is 73.1 Å². The molecule has 3 heterocycles. The number of para-hydroxylation sites is 2. The highest BCUT2D eigenvalue weighted by Crippen LogP contribution is 2.33. The summed E-state index contributed by atoms with van der Waals surface area (Å²) in [5, 5.41) is 9.86. The van der Waals surface area contributed by atoms with Crippen LogP contribution < -0.4 is 10.9 Å². The van der Waals surface area contributed by atoms with Gasteiger partial charge in [0.25, 0.3) is 5.56 Å². The van der Waals surface area contributed by atoms with E-state index in [1.165, 1.54) is 10.8 Å². The Morgan fingerprint density at radius 3 is 2.02 bits per heavy atom. The Morgan fingerprint density at radius 1 is 0.636 bits per heavy atom. The van der Waals surface area contributed by atoms with Gasteiger partial charge in [0.1, 0.15) is 11.6 Å². The van der Waals surface area contributed by atoms with Gasteiger partial charge >= 0.3 is 0 Å². The van der Waals surface area contributed by atoms with Gasteiger partial charge in [0, 0.05) is 45.5 Å². The average molecular weight is 785 g/mol. The zero-order chi connectivity index (χ0) is 37.7. The van der Waals surface area contributed by atoms with Gasteiger partial charge in [-0.3, -0.25) is 9.78 Å². The lowest BCUT2D eigenvalue weighted by atomic mass is 10.0. The molecule has 0 atom stereocenters. The van der Waals surface area contributed by atoms with Crippen molar-refractivity contribution in [2.75, 3.05) is 32.5 Å². The molecular weight excluding hydrogens is 746 g/mol. The number of aromatic amines is 1. The molecule has 6 aromatic carbocycles. The van der Waals surface area contributed by atoms with Crippen LogP contribution in [0, 0.1) is 0 Å². The summed E-state index contributed by atoms with van der Waals surface area (Å²) in [4.78, 5) is 36.2. The van der Waals surface area contributed by atoms with Crippen LogP contribution in [0.4, 0.5) is 5.82 Å². The molecule has 55 heavy (non-hydrogen) atoms. The smallest absolute Gasteiger partial charge is 0.259 e. The molecule has 0 aliphatic rings. The number of halogens is 1. The average Bonchev–Trinajstić information content (AvgIpc) is 3.22. The Kier molecular flexibility index (Phi) is 10.4. The summed E-state index contributed by atoms with van der Waals surface area (Å²) in [7, 11) is 4.19. The van der Waals surface area contributed by atoms with Crippen molar-refractivity contribution >= 4 is 65.1 Å². The topological polar surface area (TPSA) is 99.7 Å². The summed E-state index contributed by atoms with van der Waals surface area (Å²) in [6.45, 7) is 1.87. The third-order valence-electron chi connectivity index (χ3n) is 9.51. The van der Waals surface area contributed by atoms with Gasteiger partial charge in [0.05, 0.1) is 16.4 Å². The Hall–Kier alpha value is -6.29. The highest BCUT2D eigenvalue weighted by molar-refractivity contribution is 9.10. The number of pyridine rings is 1. The van der Waals surface area contributed by atoms with Gasteiger partial charge in [-0.1, -0.05) is 91.0 Å². The van der Waals surface area contributed by atoms with Crippen molar-refractivity contribution in [3.05, 3.63) is 161 Å². The van der Waals surface area contributed by atoms with E-state index in [9.17, 15) is 4.79 Å². The number of benzene rings is 6. The molecule has 0 aliphatic carbocycles. The maximum absolute atomic E-state index is 12.3. The lowest BCUT2D eigenvalue weighted by molar-refractivity contribution is 0.405. The normalized spacial score (nSPS) is 11.3. The van der Waals surface area contributed by atoms with Crippen LogP contribution in [0.3, 0.4) is 0 Å². The first-order chi connectivity index (χ1) is 26.9. The summed E-state index contributed by atoms with van der Waals surface area (Å²) < 4.78 is 0.818. The van der Waals surface area contributed by atoms with Crippen molar-refractivity contribution < 1.29 is 0 Å². The van der Waals surface area contributed by atoms with E-state index in [-0.39, 0.29) is 5.56 Å². The Labute approximate surface area is 327 Å². The van der Waals surface area contributed by atoms with Crippen LogP contribution in [-0.4, -0.2) is 57.0 Å². The predicted octanol–water partition coefficient (Wildman–Crippen LogP) is 10.4. The molecule has 2 N–H and O–H groups in total. The largest absolute Gasteiger partial charge is 0.369 e. The summed E-state index contributed by atoms with van der Waals surface area (Å²) in [6.07, 6.45) is 4.67. The van der Waals surface area contributed by atoms with E-state index in [0.29, 0.717) is 16.7 Å². The molecule has 0 radical (unpaired) electrons. The van der Waals surface area contributed by atoms with Crippen LogP contribution in [-0.2, 0) is 0 Å². The minimum absolute atomic E-state index is 0.130. The van der Waals surface area contributed by atoms with Crippen LogP contribution >= 0.6 is 15.9 Å². The van der Waals surface area contributed by atoms with Crippen LogP contribution in [0.1, 0.15) is 6.42 Å². The second-order valence-electron chi connectivity index (χ2n) is 13.6. The van der Waals surface area contributed by atoms with Gasteiger partial charge in [-0.2, -0.15) is 0 Å². The Bertz CT molecular complexity index is 2860. The number of nitrogens with zero attached hydrogens (tertiary/aromatic N) is 5. The molecule has 9 heteroatoms. The summed E-state index contributed by atoms with van der Waals surface area (Å²) >= 11 is 3.46. The fourth-order valence-electron chi connectivity index (χ4n) is 6.71. The fourth-order valence-corrected chi connectivity index (χ4v) is 7.17. The van der Waals surface area contributed by atoms with E-state index in [2.05, 4.69) is 122 Å². The molecule has 0 fully saturated rings. The minimum atomic E-state index is -0.130. The highest BCUT2D eigenvalue weighted by Gasteiger charge is 2.14. The van der Waals surface area contributed by atoms with E-state index in [0.717, 1.165) is 79.6 Å². The summed E-state index contributed by atoms with van der Waals surface area (Å²) in [6, 6.07) is 44.8. The Morgan fingerprint density at radius 2 is 1.29 bits per heavy atom. The predicted molar refractivity (Wildman–Crippen MR) is 230 cm³/mol. The third-order valence-corrected chi connectivity index (χ3v) is 10.1. The van der Waals surface area contributed by atoms with E-state index in [1.54, 1.807) is 6.07 Å². The summed E-state index contributed by atoms with van der Waals surface area (Å²) in [5.74, 6) is 2.18. The minimum Gasteiger partial charge on any atom is -0.369 e. The SMILES string of the molecule is CN(C)CCCNc1nc(-c2ccc3ccccc3c2)nc2c(-c3ccncc3)cccc12.O=c1[nH]c(-c2ccc3ccccc3c2)nc2c(Br)cccc12. The molecule has 270 valence electrons. The Balaban J connectivity index is 0.000000168. The van der Waals surface area contributed by atoms with Crippen LogP contribution in [0.15, 0.2) is 155 Å². The summed E-state index contributed by atoms with van der Waals surface area (Å²) in [5.41, 5.74) is 5.57. The quantitative estimate of drug-likeness (QED) is 0.148. The van der Waals surface area contributed by atoms with Crippen molar-refractivity contribution in [3.8, 4) is 33.9 Å². The van der Waals surface area contributed by atoms with Crippen LogP contribution in [0.2, 0.25) is 0 Å². The lowest BCUT2D eigenvalue weighted by Crippen LogP contribution is -2.17. The monoisotopic (exact) mass is 783 g/mol. The zero-order valence-electron chi connectivity index (χ0n) is 30.5. The second kappa shape index (κ2) is 16.0. The standard InChI is InChI=1S/C28H27N5.C18H11BrN2O/c1-33(2)18-6-15-30-28-25-10-5-9-24(21-13-16-29-17-14-21)26(25)31-27(32-28)23-12-11-20-7-3-4-8-22(20)19-23;19-15-7-3-6-14-16(15)20-17(21-18(14)22)13-9-8-11-4-1-2-5-12(11)10-13/h3-5,7-14,16-17,19H,6,15,18H2,1-2H3,(H,30,31,32);1-10H,(H,20,21,22). The zero-order valence-corrected chi connectivity index (χ0v) is 32.1. The number of hydrogen-bond donors (Lipinski definition) is 2. The van der Waals surface area contributed by atoms with Crippen molar-refractivity contribution in [1.82, 2.24) is 29.8 Å². The van der Waals surface area contributed by atoms with Gasteiger partial charge in [0.2, 0.25) is 0 Å². The molecule has 9 rings (SSSR count). The molecule has 0 spiro atoms. The number of rotatable bonds is 8. The van der Waals surface area contributed by atoms with Crippen molar-refractivity contribution in [3.63, 3.8) is 0 Å². The molecular formula is C46H38BrN7O. The first-order valence-corrected chi connectivity index (χ1v) is 19.0. The number of fused-ring (bicyclic) bond motifs is 4. The van der Waals surface area contributed by atoms with Crippen LogP contribution in [0.5, 0.6) is 0 Å². The van der Waals surface area contributed by atoms with Crippen molar-refractivity contribution in [2.24, 2.45) is 0 Å². The lowest BCUT2D eigenvalue weighted by Gasteiger charge is -2.15. The van der Waals surface area contributed by atoms with Crippen molar-refractivity contribution in [1.29, 1.82) is 0 Å². The molecule has 0 saturated heterocycles. The second-order valence-corrected chi connectivity index (χ2v) is 14.4. The van der Waals surface area contributed by atoms with Gasteiger partial charge in [-0.25, -0.2) is 15.0 Å². The maximum Gasteiger partial charge on any atom is 0.259 e. The third kappa shape index (κ3) is 7.85. The molecule has 0 bridgehead atoms. The number of hydrogen-bond acceptors (Lipinski definition) is 7. The van der Waals surface area contributed by atoms with E-state index in [4.69, 9.17) is 9.97 Å². The molecule has 8 nitrogen and oxygen atoms in total. The first kappa shape index (κ1) is 35.7. The maximum atomic E-state index is 12.3. The van der Waals surface area contributed by atoms with Gasteiger partial charge in [-0.05, 0) is 113 Å². The van der Waals surface area contributed by atoms with Gasteiger partial charge in [-0.15, -0.1) is 0 Å². The molecule has 3 aromatic heterocycles. The molecule has 0 aliphatic heterocycles. The first-order valence-electron chi connectivity index (χ1n) is 18.2. The van der Waals surface area contributed by atoms with E-state index < -0.39 is 0 Å². The number of aromatic nitrogens is 5. The highest BCUT2D eigenvalue weighted by atomic mass is 79.9. The number of H-pyrrole nitrogens is 1. The number of anilines is 1. The molecule has 0 amide bonds. The molecule has 0 unspecified atom stereocenters.